The van der Waals surface area contributed by atoms with Crippen molar-refractivity contribution in [3.8, 4) is 5.82 Å². The minimum Gasteiger partial charge on any atom is -0.367 e. The molecular formula is C17H18ClN5O2S. The summed E-state index contributed by atoms with van der Waals surface area (Å²) >= 11 is 5.80. The molecule has 0 spiro atoms. The van der Waals surface area contributed by atoms with Crippen molar-refractivity contribution in [2.45, 2.75) is 5.75 Å². The minimum absolute atomic E-state index is 0.0878. The number of nitrogens with zero attached hydrogens (tertiary/aromatic N) is 3. The summed E-state index contributed by atoms with van der Waals surface area (Å²) in [5.41, 5.74) is 0.682. The largest absolute Gasteiger partial charge is 0.367 e. The van der Waals surface area contributed by atoms with E-state index >= 15 is 0 Å². The number of anilines is 1. The van der Waals surface area contributed by atoms with E-state index in [1.165, 1.54) is 0 Å². The molecule has 7 nitrogen and oxygen atoms in total. The zero-order valence-corrected chi connectivity index (χ0v) is 15.4. The van der Waals surface area contributed by atoms with Gasteiger partial charge in [-0.15, -0.1) is 10.2 Å². The van der Waals surface area contributed by atoms with Crippen molar-refractivity contribution in [1.29, 1.82) is 0 Å². The zero-order chi connectivity index (χ0) is 18.4. The number of nitrogens with one attached hydrogen (secondary N) is 2. The Morgan fingerprint density at radius 1 is 0.962 bits per heavy atom. The van der Waals surface area contributed by atoms with E-state index in [1.54, 1.807) is 30.3 Å². The Morgan fingerprint density at radius 2 is 1.69 bits per heavy atom. The molecule has 0 saturated carbocycles. The molecule has 0 amide bonds. The van der Waals surface area contributed by atoms with E-state index in [1.807, 2.05) is 35.2 Å². The highest BCUT2D eigenvalue weighted by molar-refractivity contribution is 7.88. The van der Waals surface area contributed by atoms with Crippen LogP contribution in [0.5, 0.6) is 0 Å². The van der Waals surface area contributed by atoms with Gasteiger partial charge in [-0.05, 0) is 42.0 Å². The lowest BCUT2D eigenvalue weighted by atomic mass is 10.2. The summed E-state index contributed by atoms with van der Waals surface area (Å²) in [6.07, 6.45) is 3.76. The number of sulfonamides is 1. The van der Waals surface area contributed by atoms with Crippen molar-refractivity contribution in [3.63, 3.8) is 0 Å². The van der Waals surface area contributed by atoms with Crippen LogP contribution in [0.1, 0.15) is 5.56 Å². The van der Waals surface area contributed by atoms with Crippen LogP contribution in [0.4, 0.5) is 5.82 Å². The fraction of sp³-hybridized carbons (Fsp3) is 0.176. The van der Waals surface area contributed by atoms with Crippen molar-refractivity contribution in [3.05, 3.63) is 71.5 Å². The maximum atomic E-state index is 12.1. The highest BCUT2D eigenvalue weighted by Gasteiger charge is 2.10. The molecular weight excluding hydrogens is 374 g/mol. The van der Waals surface area contributed by atoms with Crippen LogP contribution in [0.3, 0.4) is 0 Å². The Balaban J connectivity index is 1.45. The molecule has 26 heavy (non-hydrogen) atoms. The Hall–Kier alpha value is -2.42. The minimum atomic E-state index is -3.41. The molecule has 0 aliphatic heterocycles. The quantitative estimate of drug-likeness (QED) is 0.576. The summed E-state index contributed by atoms with van der Waals surface area (Å²) < 4.78 is 28.5. The second kappa shape index (κ2) is 8.31. The maximum Gasteiger partial charge on any atom is 0.215 e. The number of aromatic nitrogens is 3. The SMILES string of the molecule is O=S(=O)(Cc1ccc(Cl)cc1)NCCNc1ccc(-n2cccc2)nn1. The predicted molar refractivity (Wildman–Crippen MR) is 102 cm³/mol. The summed E-state index contributed by atoms with van der Waals surface area (Å²) in [5.74, 6) is 1.21. The van der Waals surface area contributed by atoms with E-state index in [4.69, 9.17) is 11.6 Å². The molecule has 0 unspecified atom stereocenters. The molecule has 0 aliphatic carbocycles. The van der Waals surface area contributed by atoms with Crippen molar-refractivity contribution in [2.75, 3.05) is 18.4 Å². The summed E-state index contributed by atoms with van der Waals surface area (Å²) in [7, 11) is -3.41. The van der Waals surface area contributed by atoms with Crippen LogP contribution >= 0.6 is 11.6 Å². The predicted octanol–water partition coefficient (Wildman–Crippen LogP) is 2.45. The number of halogens is 1. The summed E-state index contributed by atoms with van der Waals surface area (Å²) in [5, 5.41) is 11.8. The fourth-order valence-corrected chi connectivity index (χ4v) is 3.57. The highest BCUT2D eigenvalue weighted by atomic mass is 35.5. The average Bonchev–Trinajstić information content (AvgIpc) is 3.16. The molecule has 0 bridgehead atoms. The van der Waals surface area contributed by atoms with E-state index in [2.05, 4.69) is 20.2 Å². The second-order valence-electron chi connectivity index (χ2n) is 5.57. The van der Waals surface area contributed by atoms with Gasteiger partial charge in [0.15, 0.2) is 5.82 Å². The van der Waals surface area contributed by atoms with Gasteiger partial charge in [0.1, 0.15) is 5.82 Å². The third kappa shape index (κ3) is 5.29. The molecule has 2 heterocycles. The van der Waals surface area contributed by atoms with Gasteiger partial charge in [0, 0.05) is 30.5 Å². The van der Waals surface area contributed by atoms with Crippen LogP contribution in [0.15, 0.2) is 60.9 Å². The van der Waals surface area contributed by atoms with Gasteiger partial charge in [-0.25, -0.2) is 13.1 Å². The van der Waals surface area contributed by atoms with E-state index in [-0.39, 0.29) is 12.3 Å². The first kappa shape index (κ1) is 18.4. The number of hydrogen-bond donors (Lipinski definition) is 2. The molecule has 136 valence electrons. The fourth-order valence-electron chi connectivity index (χ4n) is 2.29. The molecule has 0 atom stereocenters. The topological polar surface area (TPSA) is 88.9 Å². The maximum absolute atomic E-state index is 12.1. The lowest BCUT2D eigenvalue weighted by Gasteiger charge is -2.09. The van der Waals surface area contributed by atoms with Crippen LogP contribution in [-0.2, 0) is 15.8 Å². The van der Waals surface area contributed by atoms with Gasteiger partial charge in [-0.1, -0.05) is 23.7 Å². The van der Waals surface area contributed by atoms with Crippen LogP contribution in [0, 0.1) is 0 Å². The summed E-state index contributed by atoms with van der Waals surface area (Å²) in [4.78, 5) is 0. The van der Waals surface area contributed by atoms with Crippen molar-refractivity contribution in [1.82, 2.24) is 19.5 Å². The molecule has 0 radical (unpaired) electrons. The molecule has 2 aromatic heterocycles. The van der Waals surface area contributed by atoms with Gasteiger partial charge in [-0.3, -0.25) is 0 Å². The molecule has 0 aliphatic rings. The molecule has 9 heteroatoms. The highest BCUT2D eigenvalue weighted by Crippen LogP contribution is 2.11. The van der Waals surface area contributed by atoms with Gasteiger partial charge >= 0.3 is 0 Å². The van der Waals surface area contributed by atoms with Crippen LogP contribution < -0.4 is 10.0 Å². The van der Waals surface area contributed by atoms with Gasteiger partial charge in [0.05, 0.1) is 5.75 Å². The van der Waals surface area contributed by atoms with Crippen LogP contribution in [-0.4, -0.2) is 36.3 Å². The Morgan fingerprint density at radius 3 is 2.35 bits per heavy atom. The van der Waals surface area contributed by atoms with Crippen molar-refractivity contribution < 1.29 is 8.42 Å². The first-order valence-corrected chi connectivity index (χ1v) is 9.98. The summed E-state index contributed by atoms with van der Waals surface area (Å²) in [6.45, 7) is 0.647. The third-order valence-electron chi connectivity index (χ3n) is 3.54. The van der Waals surface area contributed by atoms with Gasteiger partial charge in [0.2, 0.25) is 10.0 Å². The molecule has 0 saturated heterocycles. The first-order chi connectivity index (χ1) is 12.5. The molecule has 1 aromatic carbocycles. The van der Waals surface area contributed by atoms with E-state index in [0.717, 1.165) is 0 Å². The normalized spacial score (nSPS) is 11.4. The molecule has 3 rings (SSSR count). The molecule has 3 aromatic rings. The lowest BCUT2D eigenvalue weighted by Crippen LogP contribution is -2.30. The molecule has 0 fully saturated rings. The van der Waals surface area contributed by atoms with Gasteiger partial charge in [0.25, 0.3) is 0 Å². The number of hydrogen-bond acceptors (Lipinski definition) is 5. The van der Waals surface area contributed by atoms with E-state index in [0.29, 0.717) is 28.8 Å². The van der Waals surface area contributed by atoms with E-state index < -0.39 is 10.0 Å². The second-order valence-corrected chi connectivity index (χ2v) is 7.82. The Bertz CT molecular complexity index is 926. The van der Waals surface area contributed by atoms with Gasteiger partial charge < -0.3 is 9.88 Å². The van der Waals surface area contributed by atoms with Crippen LogP contribution in [0.2, 0.25) is 5.02 Å². The number of benzene rings is 1. The zero-order valence-electron chi connectivity index (χ0n) is 13.8. The Labute approximate surface area is 157 Å². The van der Waals surface area contributed by atoms with E-state index in [9.17, 15) is 8.42 Å². The standard InChI is InChI=1S/C17H18ClN5O2S/c18-15-5-3-14(4-6-15)13-26(24,25)20-10-9-19-16-7-8-17(22-21-16)23-11-1-2-12-23/h1-8,11-12,20H,9-10,13H2,(H,19,21). The van der Waals surface area contributed by atoms with Gasteiger partial charge in [-0.2, -0.15) is 0 Å². The molecule has 2 N–H and O–H groups in total. The van der Waals surface area contributed by atoms with Crippen molar-refractivity contribution >= 4 is 27.4 Å². The third-order valence-corrected chi connectivity index (χ3v) is 5.15. The smallest absolute Gasteiger partial charge is 0.215 e. The average molecular weight is 392 g/mol. The summed E-state index contributed by atoms with van der Waals surface area (Å²) in [6, 6.07) is 14.2. The number of rotatable bonds is 8. The van der Waals surface area contributed by atoms with Crippen LogP contribution in [0.25, 0.3) is 5.82 Å². The monoisotopic (exact) mass is 391 g/mol. The first-order valence-electron chi connectivity index (χ1n) is 7.95. The lowest BCUT2D eigenvalue weighted by molar-refractivity contribution is 0.582. The Kier molecular flexibility index (Phi) is 5.87. The van der Waals surface area contributed by atoms with Crippen molar-refractivity contribution in [2.24, 2.45) is 0 Å².